The van der Waals surface area contributed by atoms with Crippen molar-refractivity contribution in [2.45, 2.75) is 24.0 Å². The number of aromatic nitrogens is 2. The van der Waals surface area contributed by atoms with Crippen LogP contribution in [0.1, 0.15) is 30.2 Å². The molecule has 1 fully saturated rings. The van der Waals surface area contributed by atoms with Crippen molar-refractivity contribution in [2.75, 3.05) is 26.5 Å². The Morgan fingerprint density at radius 3 is 2.44 bits per heavy atom. The fourth-order valence-electron chi connectivity index (χ4n) is 2.87. The molecule has 0 N–H and O–H groups in total. The van der Waals surface area contributed by atoms with Gasteiger partial charge in [-0.2, -0.15) is 0 Å². The van der Waals surface area contributed by atoms with E-state index in [4.69, 9.17) is 9.15 Å². The number of hydrogen-bond acceptors (Lipinski definition) is 7. The molecule has 0 unspecified atom stereocenters. The van der Waals surface area contributed by atoms with E-state index in [9.17, 15) is 13.2 Å². The molecule has 1 saturated heterocycles. The summed E-state index contributed by atoms with van der Waals surface area (Å²) in [6.07, 6.45) is 5.64. The lowest BCUT2D eigenvalue weighted by molar-refractivity contribution is -0.127. The number of amides is 1. The van der Waals surface area contributed by atoms with Gasteiger partial charge in [-0.25, -0.2) is 8.42 Å². The summed E-state index contributed by atoms with van der Waals surface area (Å²) < 4.78 is 33.2. The van der Waals surface area contributed by atoms with Gasteiger partial charge in [-0.1, -0.05) is 17.2 Å². The number of nitrogens with zero attached hydrogens (tertiary/aromatic N) is 3. The molecule has 2 heterocycles. The third-order valence-corrected chi connectivity index (χ3v) is 5.23. The zero-order valence-corrected chi connectivity index (χ0v) is 16.0. The average Bonchev–Trinajstić information content (AvgIpc) is 3.17. The quantitative estimate of drug-likeness (QED) is 0.717. The Morgan fingerprint density at radius 1 is 1.22 bits per heavy atom. The van der Waals surface area contributed by atoms with Crippen molar-refractivity contribution < 1.29 is 22.4 Å². The van der Waals surface area contributed by atoms with Crippen molar-refractivity contribution >= 4 is 21.8 Å². The van der Waals surface area contributed by atoms with Gasteiger partial charge in [-0.15, -0.1) is 5.10 Å². The van der Waals surface area contributed by atoms with Crippen LogP contribution in [-0.2, 0) is 14.6 Å². The maximum Gasteiger partial charge on any atom is 0.335 e. The highest BCUT2D eigenvalue weighted by Crippen LogP contribution is 2.28. The van der Waals surface area contributed by atoms with Gasteiger partial charge < -0.3 is 14.1 Å². The van der Waals surface area contributed by atoms with Gasteiger partial charge >= 0.3 is 5.22 Å². The summed E-state index contributed by atoms with van der Waals surface area (Å²) in [6.45, 7) is 1.10. The highest BCUT2D eigenvalue weighted by atomic mass is 32.2. The zero-order valence-electron chi connectivity index (χ0n) is 15.2. The number of likely N-dealkylation sites (tertiary alicyclic amines) is 1. The van der Waals surface area contributed by atoms with E-state index in [1.807, 2.05) is 24.3 Å². The van der Waals surface area contributed by atoms with E-state index < -0.39 is 9.84 Å². The molecule has 1 aliphatic rings. The molecule has 1 aliphatic heterocycles. The van der Waals surface area contributed by atoms with Crippen molar-refractivity contribution in [3.05, 3.63) is 41.8 Å². The number of carbonyl (C=O) groups is 1. The number of piperidine rings is 1. The Balaban J connectivity index is 1.55. The molecule has 0 radical (unpaired) electrons. The number of ether oxygens (including phenoxy) is 1. The topological polar surface area (TPSA) is 103 Å². The van der Waals surface area contributed by atoms with E-state index in [-0.39, 0.29) is 17.0 Å². The van der Waals surface area contributed by atoms with Crippen LogP contribution in [0.2, 0.25) is 0 Å². The molecule has 1 aromatic heterocycles. The molecule has 1 amide bonds. The third-order valence-electron chi connectivity index (χ3n) is 4.43. The Morgan fingerprint density at radius 2 is 1.89 bits per heavy atom. The molecule has 3 rings (SSSR count). The first-order chi connectivity index (χ1) is 12.9. The van der Waals surface area contributed by atoms with E-state index in [1.165, 1.54) is 0 Å². The molecule has 0 spiro atoms. The van der Waals surface area contributed by atoms with Crippen LogP contribution < -0.4 is 4.74 Å². The normalized spacial score (nSPS) is 16.0. The highest BCUT2D eigenvalue weighted by molar-refractivity contribution is 7.90. The van der Waals surface area contributed by atoms with Crippen molar-refractivity contribution in [2.24, 2.45) is 0 Å². The summed E-state index contributed by atoms with van der Waals surface area (Å²) in [6, 6.07) is 7.43. The zero-order chi connectivity index (χ0) is 19.4. The van der Waals surface area contributed by atoms with E-state index in [0.717, 1.165) is 17.6 Å². The number of benzene rings is 1. The van der Waals surface area contributed by atoms with Gasteiger partial charge in [-0.05, 0) is 36.6 Å². The Hall–Kier alpha value is -2.68. The molecule has 0 atom stereocenters. The summed E-state index contributed by atoms with van der Waals surface area (Å²) in [5.41, 5.74) is 0.915. The standard InChI is InChI=1S/C18H21N3O5S/c1-25-15-6-3-13(4-7-15)5-8-16(22)21-11-9-14(10-12-21)17-19-20-18(26-17)27(2,23)24/h3-8,14H,9-12H2,1-2H3/b8-5+. The van der Waals surface area contributed by atoms with E-state index in [2.05, 4.69) is 10.2 Å². The molecule has 0 saturated carbocycles. The maximum absolute atomic E-state index is 12.4. The van der Waals surface area contributed by atoms with Crippen molar-refractivity contribution in [1.29, 1.82) is 0 Å². The minimum Gasteiger partial charge on any atom is -0.497 e. The monoisotopic (exact) mass is 391 g/mol. The highest BCUT2D eigenvalue weighted by Gasteiger charge is 2.28. The van der Waals surface area contributed by atoms with Gasteiger partial charge in [0.15, 0.2) is 0 Å². The molecule has 144 valence electrons. The summed E-state index contributed by atoms with van der Waals surface area (Å²) in [5.74, 6) is 0.978. The number of hydrogen-bond donors (Lipinski definition) is 0. The summed E-state index contributed by atoms with van der Waals surface area (Å²) in [5, 5.41) is 7.07. The first kappa shape index (κ1) is 19.1. The first-order valence-corrected chi connectivity index (χ1v) is 10.4. The Kier molecular flexibility index (Phi) is 5.59. The van der Waals surface area contributed by atoms with Gasteiger partial charge in [0.2, 0.25) is 21.6 Å². The van der Waals surface area contributed by atoms with Crippen LogP contribution in [0.25, 0.3) is 6.08 Å². The predicted molar refractivity (Wildman–Crippen MR) is 98.0 cm³/mol. The summed E-state index contributed by atoms with van der Waals surface area (Å²) in [7, 11) is -1.90. The van der Waals surface area contributed by atoms with Crippen molar-refractivity contribution in [1.82, 2.24) is 15.1 Å². The molecule has 0 aliphatic carbocycles. The molecule has 0 bridgehead atoms. The molecule has 9 heteroatoms. The largest absolute Gasteiger partial charge is 0.497 e. The van der Waals surface area contributed by atoms with Crippen LogP contribution in [0, 0.1) is 0 Å². The van der Waals surface area contributed by atoms with Crippen molar-refractivity contribution in [3.63, 3.8) is 0 Å². The summed E-state index contributed by atoms with van der Waals surface area (Å²) in [4.78, 5) is 14.1. The average molecular weight is 391 g/mol. The minimum absolute atomic E-state index is 0.0392. The van der Waals surface area contributed by atoms with Crippen LogP contribution in [0.5, 0.6) is 5.75 Å². The van der Waals surface area contributed by atoms with Gasteiger partial charge in [0.25, 0.3) is 0 Å². The molecular weight excluding hydrogens is 370 g/mol. The molecule has 2 aromatic rings. The third kappa shape index (κ3) is 4.73. The van der Waals surface area contributed by atoms with Crippen LogP contribution in [0.4, 0.5) is 0 Å². The Bertz CT molecular complexity index is 926. The van der Waals surface area contributed by atoms with Gasteiger partial charge in [0.05, 0.1) is 7.11 Å². The van der Waals surface area contributed by atoms with Crippen LogP contribution >= 0.6 is 0 Å². The van der Waals surface area contributed by atoms with Crippen LogP contribution in [-0.4, -0.2) is 55.9 Å². The van der Waals surface area contributed by atoms with Gasteiger partial charge in [0.1, 0.15) is 5.75 Å². The van der Waals surface area contributed by atoms with E-state index in [1.54, 1.807) is 24.2 Å². The lowest BCUT2D eigenvalue weighted by Crippen LogP contribution is -2.36. The second kappa shape index (κ2) is 7.91. The van der Waals surface area contributed by atoms with Crippen LogP contribution in [0.3, 0.4) is 0 Å². The number of carbonyl (C=O) groups excluding carboxylic acids is 1. The number of sulfone groups is 1. The van der Waals surface area contributed by atoms with Gasteiger partial charge in [0, 0.05) is 31.3 Å². The molecule has 8 nitrogen and oxygen atoms in total. The number of methoxy groups -OCH3 is 1. The fraction of sp³-hybridized carbons (Fsp3) is 0.389. The molecule has 1 aromatic carbocycles. The SMILES string of the molecule is COc1ccc(/C=C/C(=O)N2CCC(c3nnc(S(C)(=O)=O)o3)CC2)cc1. The first-order valence-electron chi connectivity index (χ1n) is 8.51. The lowest BCUT2D eigenvalue weighted by atomic mass is 9.97. The molecular formula is C18H21N3O5S. The van der Waals surface area contributed by atoms with Gasteiger partial charge in [-0.3, -0.25) is 4.79 Å². The summed E-state index contributed by atoms with van der Waals surface area (Å²) >= 11 is 0. The van der Waals surface area contributed by atoms with Crippen molar-refractivity contribution in [3.8, 4) is 5.75 Å². The molecule has 27 heavy (non-hydrogen) atoms. The second-order valence-corrected chi connectivity index (χ2v) is 8.28. The predicted octanol–water partition coefficient (Wildman–Crippen LogP) is 1.90. The lowest BCUT2D eigenvalue weighted by Gasteiger charge is -2.29. The van der Waals surface area contributed by atoms with E-state index >= 15 is 0 Å². The second-order valence-electron chi connectivity index (χ2n) is 6.38. The number of rotatable bonds is 5. The Labute approximate surface area is 157 Å². The smallest absolute Gasteiger partial charge is 0.335 e. The minimum atomic E-state index is -3.50. The van der Waals surface area contributed by atoms with E-state index in [0.29, 0.717) is 31.8 Å². The maximum atomic E-state index is 12.4. The fourth-order valence-corrected chi connectivity index (χ4v) is 3.30. The van der Waals surface area contributed by atoms with Crippen LogP contribution in [0.15, 0.2) is 40.0 Å².